The molecule has 0 aliphatic carbocycles. The number of nitrogen functional groups attached to an aromatic ring is 1. The summed E-state index contributed by atoms with van der Waals surface area (Å²) in [5.41, 5.74) is 5.07. The average molecular weight is 365 g/mol. The van der Waals surface area contributed by atoms with Gasteiger partial charge in [0.25, 0.3) is 0 Å². The lowest BCUT2D eigenvalue weighted by Crippen LogP contribution is -2.34. The maximum absolute atomic E-state index is 12.6. The summed E-state index contributed by atoms with van der Waals surface area (Å²) in [6.07, 6.45) is 0.403. The predicted molar refractivity (Wildman–Crippen MR) is 79.1 cm³/mol. The Balaban J connectivity index is 2.47. The predicted octanol–water partition coefficient (Wildman–Crippen LogP) is 1.19. The lowest BCUT2D eigenvalue weighted by atomic mass is 10.1. The molecule has 0 aromatic heterocycles. The van der Waals surface area contributed by atoms with Crippen LogP contribution in [0.25, 0.3) is 0 Å². The quantitative estimate of drug-likeness (QED) is 0.785. The van der Waals surface area contributed by atoms with Gasteiger partial charge in [-0.25, -0.2) is 8.42 Å². The molecule has 0 amide bonds. The van der Waals surface area contributed by atoms with Crippen LogP contribution in [0, 0.1) is 0 Å². The molecule has 6 nitrogen and oxygen atoms in total. The normalized spacial score (nSPS) is 24.0. The van der Waals surface area contributed by atoms with Gasteiger partial charge in [-0.1, -0.05) is 0 Å². The molecule has 1 aliphatic rings. The summed E-state index contributed by atoms with van der Waals surface area (Å²) in [4.78, 5) is 0.0124. The van der Waals surface area contributed by atoms with Gasteiger partial charge in [0.1, 0.15) is 10.6 Å². The lowest BCUT2D eigenvalue weighted by molar-refractivity contribution is 0.0762. The molecule has 0 radical (unpaired) electrons. The molecule has 1 unspecified atom stereocenters. The summed E-state index contributed by atoms with van der Waals surface area (Å²) < 4.78 is 32.2. The first kappa shape index (κ1) is 15.6. The van der Waals surface area contributed by atoms with Crippen molar-refractivity contribution in [1.82, 2.24) is 4.31 Å². The van der Waals surface area contributed by atoms with E-state index in [1.165, 1.54) is 23.5 Å². The van der Waals surface area contributed by atoms with Crippen molar-refractivity contribution in [2.75, 3.05) is 25.9 Å². The van der Waals surface area contributed by atoms with Gasteiger partial charge < -0.3 is 15.6 Å². The zero-order valence-corrected chi connectivity index (χ0v) is 13.7. The van der Waals surface area contributed by atoms with Crippen molar-refractivity contribution >= 4 is 31.6 Å². The maximum atomic E-state index is 12.6. The van der Waals surface area contributed by atoms with E-state index in [2.05, 4.69) is 15.9 Å². The Morgan fingerprint density at radius 1 is 1.50 bits per heavy atom. The van der Waals surface area contributed by atoms with Crippen LogP contribution in [-0.2, 0) is 10.0 Å². The highest BCUT2D eigenvalue weighted by atomic mass is 79.9. The number of sulfonamides is 1. The van der Waals surface area contributed by atoms with E-state index in [1.54, 1.807) is 6.92 Å². The first-order valence-corrected chi connectivity index (χ1v) is 8.26. The van der Waals surface area contributed by atoms with Crippen molar-refractivity contribution in [3.63, 3.8) is 0 Å². The second-order valence-corrected chi connectivity index (χ2v) is 7.87. The van der Waals surface area contributed by atoms with Crippen LogP contribution in [0.2, 0.25) is 0 Å². The molecule has 2 rings (SSSR count). The van der Waals surface area contributed by atoms with Gasteiger partial charge in [-0.3, -0.25) is 0 Å². The molecule has 112 valence electrons. The van der Waals surface area contributed by atoms with Crippen LogP contribution in [0.5, 0.6) is 5.75 Å². The molecule has 1 aromatic carbocycles. The van der Waals surface area contributed by atoms with E-state index < -0.39 is 15.6 Å². The third-order valence-electron chi connectivity index (χ3n) is 3.32. The maximum Gasteiger partial charge on any atom is 0.246 e. The average Bonchev–Trinajstić information content (AvgIpc) is 2.73. The van der Waals surface area contributed by atoms with Crippen molar-refractivity contribution in [3.8, 4) is 5.75 Å². The summed E-state index contributed by atoms with van der Waals surface area (Å²) in [5.74, 6) is 0.220. The summed E-state index contributed by atoms with van der Waals surface area (Å²) in [7, 11) is -2.34. The Morgan fingerprint density at radius 3 is 2.65 bits per heavy atom. The van der Waals surface area contributed by atoms with E-state index in [-0.39, 0.29) is 23.7 Å². The van der Waals surface area contributed by atoms with Crippen molar-refractivity contribution < 1.29 is 18.3 Å². The van der Waals surface area contributed by atoms with Crippen LogP contribution in [0.4, 0.5) is 5.69 Å². The Bertz CT molecular complexity index is 631. The van der Waals surface area contributed by atoms with Crippen LogP contribution in [-0.4, -0.2) is 43.6 Å². The monoisotopic (exact) mass is 364 g/mol. The van der Waals surface area contributed by atoms with Gasteiger partial charge in [-0.15, -0.1) is 0 Å². The second kappa shape index (κ2) is 5.18. The van der Waals surface area contributed by atoms with E-state index in [1.807, 2.05) is 0 Å². The summed E-state index contributed by atoms with van der Waals surface area (Å²) in [6, 6.07) is 2.89. The number of ether oxygens (including phenoxy) is 1. The van der Waals surface area contributed by atoms with Gasteiger partial charge in [0.15, 0.2) is 0 Å². The second-order valence-electron chi connectivity index (χ2n) is 5.11. The number of hydrogen-bond donors (Lipinski definition) is 2. The molecular weight excluding hydrogens is 348 g/mol. The molecule has 0 bridgehead atoms. The van der Waals surface area contributed by atoms with Crippen molar-refractivity contribution in [3.05, 3.63) is 16.6 Å². The first-order chi connectivity index (χ1) is 9.17. The van der Waals surface area contributed by atoms with Crippen LogP contribution < -0.4 is 10.5 Å². The molecule has 8 heteroatoms. The summed E-state index contributed by atoms with van der Waals surface area (Å²) >= 11 is 3.24. The number of aliphatic hydroxyl groups is 1. The molecule has 1 atom stereocenters. The number of methoxy groups -OCH3 is 1. The minimum Gasteiger partial charge on any atom is -0.495 e. The van der Waals surface area contributed by atoms with Gasteiger partial charge in [0.05, 0.1) is 12.7 Å². The van der Waals surface area contributed by atoms with E-state index in [4.69, 9.17) is 10.5 Å². The number of rotatable bonds is 3. The lowest BCUT2D eigenvalue weighted by Gasteiger charge is -2.20. The fourth-order valence-electron chi connectivity index (χ4n) is 2.16. The van der Waals surface area contributed by atoms with E-state index in [0.717, 1.165) is 0 Å². The third kappa shape index (κ3) is 2.78. The number of halogens is 1. The standard InChI is InChI=1S/C12H17BrN2O4S/c1-12(16)3-4-15(7-12)20(17,18)11-6-9(14)8(13)5-10(11)19-2/h5-6,16H,3-4,7,14H2,1-2H3. The van der Waals surface area contributed by atoms with Crippen molar-refractivity contribution in [2.24, 2.45) is 0 Å². The third-order valence-corrected chi connectivity index (χ3v) is 5.87. The fourth-order valence-corrected chi connectivity index (χ4v) is 4.21. The summed E-state index contributed by atoms with van der Waals surface area (Å²) in [5, 5.41) is 9.93. The number of nitrogens with zero attached hydrogens (tertiary/aromatic N) is 1. The Labute approximate surface area is 126 Å². The molecule has 1 aromatic rings. The zero-order chi connectivity index (χ0) is 15.1. The van der Waals surface area contributed by atoms with E-state index in [0.29, 0.717) is 16.6 Å². The van der Waals surface area contributed by atoms with Gasteiger partial charge in [-0.05, 0) is 41.4 Å². The zero-order valence-electron chi connectivity index (χ0n) is 11.3. The van der Waals surface area contributed by atoms with Crippen LogP contribution in [0.1, 0.15) is 13.3 Å². The van der Waals surface area contributed by atoms with E-state index in [9.17, 15) is 13.5 Å². The van der Waals surface area contributed by atoms with Gasteiger partial charge >= 0.3 is 0 Å². The van der Waals surface area contributed by atoms with Gasteiger partial charge in [0, 0.05) is 23.2 Å². The first-order valence-electron chi connectivity index (χ1n) is 6.03. The molecule has 0 saturated carbocycles. The summed E-state index contributed by atoms with van der Waals surface area (Å²) in [6.45, 7) is 1.96. The smallest absolute Gasteiger partial charge is 0.246 e. The molecule has 20 heavy (non-hydrogen) atoms. The minimum absolute atomic E-state index is 0.0124. The minimum atomic E-state index is -3.74. The van der Waals surface area contributed by atoms with E-state index >= 15 is 0 Å². The molecule has 1 aliphatic heterocycles. The van der Waals surface area contributed by atoms with Crippen LogP contribution >= 0.6 is 15.9 Å². The molecule has 1 fully saturated rings. The Morgan fingerprint density at radius 2 is 2.15 bits per heavy atom. The molecule has 0 spiro atoms. The van der Waals surface area contributed by atoms with Gasteiger partial charge in [-0.2, -0.15) is 4.31 Å². The highest BCUT2D eigenvalue weighted by molar-refractivity contribution is 9.10. The largest absolute Gasteiger partial charge is 0.495 e. The van der Waals surface area contributed by atoms with Gasteiger partial charge in [0.2, 0.25) is 10.0 Å². The van der Waals surface area contributed by atoms with Crippen molar-refractivity contribution in [2.45, 2.75) is 23.8 Å². The molecule has 3 N–H and O–H groups in total. The Kier molecular flexibility index (Phi) is 4.03. The van der Waals surface area contributed by atoms with Crippen molar-refractivity contribution in [1.29, 1.82) is 0 Å². The highest BCUT2D eigenvalue weighted by Crippen LogP contribution is 2.36. The molecular formula is C12H17BrN2O4S. The number of anilines is 1. The number of benzene rings is 1. The number of hydrogen-bond acceptors (Lipinski definition) is 5. The molecule has 1 saturated heterocycles. The number of nitrogens with two attached hydrogens (primary N) is 1. The fraction of sp³-hybridized carbons (Fsp3) is 0.500. The molecule has 1 heterocycles. The number of β-amino-alcohol motifs (C(OH)–C–C–N with tert-alkyl or cyclic N) is 1. The Hall–Kier alpha value is -0.830. The SMILES string of the molecule is COc1cc(Br)c(N)cc1S(=O)(=O)N1CCC(C)(O)C1. The topological polar surface area (TPSA) is 92.9 Å². The van der Waals surface area contributed by atoms with Crippen LogP contribution in [0.3, 0.4) is 0 Å². The highest BCUT2D eigenvalue weighted by Gasteiger charge is 2.39. The van der Waals surface area contributed by atoms with Crippen LogP contribution in [0.15, 0.2) is 21.5 Å².